The summed E-state index contributed by atoms with van der Waals surface area (Å²) in [5, 5.41) is 0. The van der Waals surface area contributed by atoms with E-state index >= 15 is 0 Å². The summed E-state index contributed by atoms with van der Waals surface area (Å²) < 4.78 is 25.9. The molecule has 6 heteroatoms. The molecule has 1 unspecified atom stereocenters. The molecule has 1 saturated heterocycles. The first kappa shape index (κ1) is 16.9. The number of carbonyl (C=O) groups is 1. The van der Waals surface area contributed by atoms with Crippen molar-refractivity contribution in [3.05, 3.63) is 35.4 Å². The van der Waals surface area contributed by atoms with Gasteiger partial charge in [-0.25, -0.2) is 8.78 Å². The van der Waals surface area contributed by atoms with Gasteiger partial charge in [0, 0.05) is 13.1 Å². The minimum Gasteiger partial charge on any atom is -0.342 e. The number of hydrogen-bond donors (Lipinski definition) is 1. The van der Waals surface area contributed by atoms with Gasteiger partial charge in [0.25, 0.3) is 0 Å². The van der Waals surface area contributed by atoms with Gasteiger partial charge in [-0.15, -0.1) is 12.4 Å². The van der Waals surface area contributed by atoms with Crippen molar-refractivity contribution in [1.82, 2.24) is 4.90 Å². The molecule has 1 aromatic rings. The summed E-state index contributed by atoms with van der Waals surface area (Å²) in [6.45, 7) is 1.97. The van der Waals surface area contributed by atoms with Crippen molar-refractivity contribution in [2.45, 2.75) is 19.3 Å². The number of carbonyl (C=O) groups excluding carboxylic acids is 1. The average molecular weight is 305 g/mol. The topological polar surface area (TPSA) is 46.3 Å². The lowest BCUT2D eigenvalue weighted by Gasteiger charge is -2.32. The minimum absolute atomic E-state index is 0. The summed E-state index contributed by atoms with van der Waals surface area (Å²) >= 11 is 0. The Morgan fingerprint density at radius 1 is 1.35 bits per heavy atom. The molecule has 0 saturated carbocycles. The van der Waals surface area contributed by atoms with Crippen molar-refractivity contribution in [1.29, 1.82) is 0 Å². The number of nitrogens with two attached hydrogens (primary N) is 1. The van der Waals surface area contributed by atoms with E-state index in [0.29, 0.717) is 24.6 Å². The number of benzene rings is 1. The monoisotopic (exact) mass is 304 g/mol. The van der Waals surface area contributed by atoms with Crippen LogP contribution in [0.3, 0.4) is 0 Å². The number of nitrogens with zero attached hydrogens (tertiary/aromatic N) is 1. The van der Waals surface area contributed by atoms with Gasteiger partial charge >= 0.3 is 0 Å². The maximum atomic E-state index is 13.1. The summed E-state index contributed by atoms with van der Waals surface area (Å²) in [5.74, 6) is -1.51. The van der Waals surface area contributed by atoms with Crippen molar-refractivity contribution >= 4 is 18.3 Å². The Morgan fingerprint density at radius 2 is 2.10 bits per heavy atom. The lowest BCUT2D eigenvalue weighted by Crippen LogP contribution is -2.42. The Morgan fingerprint density at radius 3 is 2.75 bits per heavy atom. The van der Waals surface area contributed by atoms with Crippen LogP contribution in [0.1, 0.15) is 18.4 Å². The fourth-order valence-electron chi connectivity index (χ4n) is 2.42. The van der Waals surface area contributed by atoms with E-state index in [1.54, 1.807) is 4.90 Å². The lowest BCUT2D eigenvalue weighted by molar-refractivity contribution is -0.132. The van der Waals surface area contributed by atoms with Gasteiger partial charge in [0.05, 0.1) is 6.42 Å². The zero-order valence-corrected chi connectivity index (χ0v) is 12.0. The summed E-state index contributed by atoms with van der Waals surface area (Å²) in [4.78, 5) is 13.9. The molecule has 1 atom stereocenters. The maximum absolute atomic E-state index is 13.1. The van der Waals surface area contributed by atoms with E-state index in [-0.39, 0.29) is 24.7 Å². The molecule has 0 aromatic heterocycles. The summed E-state index contributed by atoms with van der Waals surface area (Å²) in [6.07, 6.45) is 2.10. The van der Waals surface area contributed by atoms with Gasteiger partial charge in [-0.2, -0.15) is 0 Å². The van der Waals surface area contributed by atoms with Crippen LogP contribution in [0.25, 0.3) is 0 Å². The normalized spacial score (nSPS) is 18.6. The third-order valence-corrected chi connectivity index (χ3v) is 3.54. The van der Waals surface area contributed by atoms with E-state index in [0.717, 1.165) is 31.5 Å². The van der Waals surface area contributed by atoms with Crippen molar-refractivity contribution in [2.75, 3.05) is 19.6 Å². The van der Waals surface area contributed by atoms with E-state index in [1.165, 1.54) is 6.07 Å². The standard InChI is InChI=1S/C14H18F2N2O.ClH/c15-12-4-3-10(6-13(12)16)7-14(19)18-5-1-2-11(8-17)9-18;/h3-4,6,11H,1-2,5,7-9,17H2;1H. The summed E-state index contributed by atoms with van der Waals surface area (Å²) in [5.41, 5.74) is 6.12. The minimum atomic E-state index is -0.913. The highest BCUT2D eigenvalue weighted by atomic mass is 35.5. The molecule has 0 radical (unpaired) electrons. The molecule has 20 heavy (non-hydrogen) atoms. The predicted molar refractivity (Wildman–Crippen MR) is 75.7 cm³/mol. The third-order valence-electron chi connectivity index (χ3n) is 3.54. The Hall–Kier alpha value is -1.20. The van der Waals surface area contributed by atoms with Crippen LogP contribution in [0.4, 0.5) is 8.78 Å². The zero-order chi connectivity index (χ0) is 13.8. The molecule has 112 valence electrons. The van der Waals surface area contributed by atoms with Crippen molar-refractivity contribution in [2.24, 2.45) is 11.7 Å². The molecular formula is C14H19ClF2N2O. The fourth-order valence-corrected chi connectivity index (χ4v) is 2.42. The van der Waals surface area contributed by atoms with Crippen LogP contribution in [0.5, 0.6) is 0 Å². The highest BCUT2D eigenvalue weighted by Crippen LogP contribution is 2.17. The van der Waals surface area contributed by atoms with Gasteiger partial charge in [0.1, 0.15) is 0 Å². The molecule has 1 fully saturated rings. The molecule has 1 aliphatic heterocycles. The highest BCUT2D eigenvalue weighted by molar-refractivity contribution is 5.85. The SMILES string of the molecule is Cl.NCC1CCCN(C(=O)Cc2ccc(F)c(F)c2)C1. The Labute approximate surface area is 123 Å². The van der Waals surface area contributed by atoms with Gasteiger partial charge in [-0.05, 0) is 43.0 Å². The maximum Gasteiger partial charge on any atom is 0.227 e. The Bertz CT molecular complexity index is 470. The number of likely N-dealkylation sites (tertiary alicyclic amines) is 1. The summed E-state index contributed by atoms with van der Waals surface area (Å²) in [6, 6.07) is 3.58. The van der Waals surface area contributed by atoms with E-state index in [1.807, 2.05) is 0 Å². The molecule has 0 aliphatic carbocycles. The number of rotatable bonds is 3. The van der Waals surface area contributed by atoms with Crippen LogP contribution >= 0.6 is 12.4 Å². The first-order valence-corrected chi connectivity index (χ1v) is 6.52. The molecule has 1 amide bonds. The van der Waals surface area contributed by atoms with Crippen LogP contribution in [-0.2, 0) is 11.2 Å². The third kappa shape index (κ3) is 4.15. The Balaban J connectivity index is 0.00000200. The van der Waals surface area contributed by atoms with Crippen LogP contribution in [0.15, 0.2) is 18.2 Å². The fraction of sp³-hybridized carbons (Fsp3) is 0.500. The molecule has 0 spiro atoms. The van der Waals surface area contributed by atoms with E-state index in [9.17, 15) is 13.6 Å². The molecule has 1 heterocycles. The number of hydrogen-bond acceptors (Lipinski definition) is 2. The smallest absolute Gasteiger partial charge is 0.227 e. The quantitative estimate of drug-likeness (QED) is 0.930. The lowest BCUT2D eigenvalue weighted by atomic mass is 9.97. The van der Waals surface area contributed by atoms with Crippen molar-refractivity contribution in [3.63, 3.8) is 0 Å². The van der Waals surface area contributed by atoms with Gasteiger partial charge in [0.2, 0.25) is 5.91 Å². The number of amides is 1. The second-order valence-electron chi connectivity index (χ2n) is 5.01. The Kier molecular flexibility index (Phi) is 6.36. The van der Waals surface area contributed by atoms with Crippen LogP contribution in [-0.4, -0.2) is 30.4 Å². The second kappa shape index (κ2) is 7.55. The highest BCUT2D eigenvalue weighted by Gasteiger charge is 2.22. The largest absolute Gasteiger partial charge is 0.342 e. The average Bonchev–Trinajstić information content (AvgIpc) is 2.43. The van der Waals surface area contributed by atoms with Crippen molar-refractivity contribution < 1.29 is 13.6 Å². The molecule has 2 N–H and O–H groups in total. The summed E-state index contributed by atoms with van der Waals surface area (Å²) in [7, 11) is 0. The van der Waals surface area contributed by atoms with E-state index < -0.39 is 11.6 Å². The molecular weight excluding hydrogens is 286 g/mol. The first-order valence-electron chi connectivity index (χ1n) is 6.52. The first-order chi connectivity index (χ1) is 9.10. The zero-order valence-electron chi connectivity index (χ0n) is 11.1. The molecule has 0 bridgehead atoms. The van der Waals surface area contributed by atoms with Gasteiger partial charge in [0.15, 0.2) is 11.6 Å². The number of piperidine rings is 1. The van der Waals surface area contributed by atoms with Crippen LogP contribution in [0.2, 0.25) is 0 Å². The van der Waals surface area contributed by atoms with Gasteiger partial charge < -0.3 is 10.6 Å². The molecule has 1 aliphatic rings. The second-order valence-corrected chi connectivity index (χ2v) is 5.01. The van der Waals surface area contributed by atoms with Gasteiger partial charge in [-0.3, -0.25) is 4.79 Å². The molecule has 3 nitrogen and oxygen atoms in total. The van der Waals surface area contributed by atoms with Gasteiger partial charge in [-0.1, -0.05) is 6.07 Å². The van der Waals surface area contributed by atoms with Crippen LogP contribution < -0.4 is 5.73 Å². The van der Waals surface area contributed by atoms with E-state index in [4.69, 9.17) is 5.73 Å². The molecule has 1 aromatic carbocycles. The number of halogens is 3. The van der Waals surface area contributed by atoms with Crippen molar-refractivity contribution in [3.8, 4) is 0 Å². The van der Waals surface area contributed by atoms with E-state index in [2.05, 4.69) is 0 Å². The molecule has 2 rings (SSSR count). The van der Waals surface area contributed by atoms with Crippen LogP contribution in [0, 0.1) is 17.6 Å². The predicted octanol–water partition coefficient (Wildman–Crippen LogP) is 2.13.